The zero-order valence-electron chi connectivity index (χ0n) is 20.0. The molecule has 1 amide bonds. The third kappa shape index (κ3) is 6.15. The molecule has 0 atom stereocenters. The normalized spacial score (nSPS) is 16.0. The number of fused-ring (bicyclic) bond motifs is 1. The van der Waals surface area contributed by atoms with Gasteiger partial charge in [0.2, 0.25) is 5.17 Å². The van der Waals surface area contributed by atoms with Crippen LogP contribution in [0.4, 0.5) is 0 Å². The van der Waals surface area contributed by atoms with Crippen LogP contribution in [0.15, 0.2) is 86.6 Å². The van der Waals surface area contributed by atoms with Gasteiger partial charge in [-0.2, -0.15) is 15.1 Å². The molecule has 3 aromatic rings. The van der Waals surface area contributed by atoms with Crippen molar-refractivity contribution < 1.29 is 14.3 Å². The minimum atomic E-state index is -0.451. The molecule has 37 heavy (non-hydrogen) atoms. The van der Waals surface area contributed by atoms with Crippen LogP contribution in [0.2, 0.25) is 0 Å². The van der Waals surface area contributed by atoms with Crippen LogP contribution in [0, 0.1) is 5.41 Å². The number of nitrogens with zero attached hydrogens (tertiary/aromatic N) is 3. The van der Waals surface area contributed by atoms with Crippen LogP contribution in [-0.2, 0) is 11.2 Å². The van der Waals surface area contributed by atoms with Gasteiger partial charge in [0, 0.05) is 21.9 Å². The number of hydrogen-bond acceptors (Lipinski definition) is 8. The minimum absolute atomic E-state index is 0.0138. The fraction of sp³-hybridized carbons (Fsp3) is 0.185. The molecule has 188 valence electrons. The first-order valence-corrected chi connectivity index (χ1v) is 14.4. The zero-order chi connectivity index (χ0) is 25.6. The Kier molecular flexibility index (Phi) is 8.08. The second kappa shape index (κ2) is 11.8. The van der Waals surface area contributed by atoms with Crippen LogP contribution in [0.5, 0.6) is 11.5 Å². The Morgan fingerprint density at radius 2 is 1.95 bits per heavy atom. The van der Waals surface area contributed by atoms with Crippen molar-refractivity contribution in [3.8, 4) is 11.5 Å². The highest BCUT2D eigenvalue weighted by Crippen LogP contribution is 2.33. The number of carbonyl (C=O) groups is 1. The van der Waals surface area contributed by atoms with Gasteiger partial charge in [-0.1, -0.05) is 30.3 Å². The smallest absolute Gasteiger partial charge is 0.283 e. The molecule has 7 nitrogen and oxygen atoms in total. The maximum atomic E-state index is 12.8. The van der Waals surface area contributed by atoms with E-state index >= 15 is 0 Å². The van der Waals surface area contributed by atoms with Gasteiger partial charge in [-0.3, -0.25) is 10.2 Å². The molecule has 5 rings (SSSR count). The predicted molar refractivity (Wildman–Crippen MR) is 153 cm³/mol. The maximum absolute atomic E-state index is 12.8. The van der Waals surface area contributed by atoms with Gasteiger partial charge in [-0.15, -0.1) is 23.1 Å². The summed E-state index contributed by atoms with van der Waals surface area (Å²) in [6.07, 6.45) is 2.31. The average molecular weight is 549 g/mol. The average Bonchev–Trinajstić information content (AvgIpc) is 3.56. The van der Waals surface area contributed by atoms with Gasteiger partial charge in [0.1, 0.15) is 5.04 Å². The molecule has 0 saturated carbocycles. The van der Waals surface area contributed by atoms with Crippen molar-refractivity contribution >= 4 is 62.9 Å². The van der Waals surface area contributed by atoms with Gasteiger partial charge < -0.3 is 9.47 Å². The Bertz CT molecular complexity index is 1390. The van der Waals surface area contributed by atoms with E-state index in [1.165, 1.54) is 26.5 Å². The molecule has 0 bridgehead atoms. The molecule has 2 aromatic carbocycles. The Hall–Kier alpha value is -3.34. The molecule has 0 radical (unpaired) electrons. The number of nitrogens with one attached hydrogen (secondary N) is 1. The molecule has 1 aromatic heterocycles. The van der Waals surface area contributed by atoms with E-state index in [1.54, 1.807) is 29.2 Å². The summed E-state index contributed by atoms with van der Waals surface area (Å²) in [7, 11) is 0. The van der Waals surface area contributed by atoms with E-state index < -0.39 is 5.91 Å². The minimum Gasteiger partial charge on any atom is -0.490 e. The third-order valence-corrected chi connectivity index (χ3v) is 8.09. The summed E-state index contributed by atoms with van der Waals surface area (Å²) in [6, 6.07) is 19.7. The molecule has 0 spiro atoms. The lowest BCUT2D eigenvalue weighted by Crippen LogP contribution is -2.35. The van der Waals surface area contributed by atoms with E-state index in [-0.39, 0.29) is 11.4 Å². The first-order chi connectivity index (χ1) is 18.1. The number of aliphatic imine (C=N–C) groups is 1. The van der Waals surface area contributed by atoms with Crippen LogP contribution >= 0.6 is 34.9 Å². The highest BCUT2D eigenvalue weighted by molar-refractivity contribution is 8.27. The van der Waals surface area contributed by atoms with E-state index in [1.807, 2.05) is 60.8 Å². The molecule has 10 heteroatoms. The Morgan fingerprint density at radius 1 is 1.08 bits per heavy atom. The van der Waals surface area contributed by atoms with Gasteiger partial charge in [-0.25, -0.2) is 0 Å². The summed E-state index contributed by atoms with van der Waals surface area (Å²) in [6.45, 7) is 2.91. The molecule has 2 aliphatic rings. The van der Waals surface area contributed by atoms with Crippen molar-refractivity contribution in [2.45, 2.75) is 18.2 Å². The standard InChI is InChI=1S/C27H24N4O3S3/c1-2-33-23-16-18(10-11-22(23)34-12-14-36-19-7-4-3-5-8-19)15-21-25(28)31-27(29-26(21)32)37-24(30-31)17-20-9-6-13-35-20/h3-11,13,15-16,28H,2,12,14,17H2,1H3/b21-15-,28-25?. The number of amidine groups is 2. The number of thiophene rings is 1. The monoisotopic (exact) mass is 548 g/mol. The second-order valence-electron chi connectivity index (χ2n) is 7.92. The summed E-state index contributed by atoms with van der Waals surface area (Å²) in [5, 5.41) is 17.9. The lowest BCUT2D eigenvalue weighted by atomic mass is 10.1. The summed E-state index contributed by atoms with van der Waals surface area (Å²) < 4.78 is 11.8. The molecule has 0 unspecified atom stereocenters. The lowest BCUT2D eigenvalue weighted by Gasteiger charge is -2.20. The van der Waals surface area contributed by atoms with Crippen molar-refractivity contribution in [2.75, 3.05) is 19.0 Å². The van der Waals surface area contributed by atoms with Gasteiger partial charge in [0.05, 0.1) is 18.8 Å². The number of amides is 1. The van der Waals surface area contributed by atoms with Gasteiger partial charge >= 0.3 is 0 Å². The van der Waals surface area contributed by atoms with E-state index in [2.05, 4.69) is 22.2 Å². The number of rotatable bonds is 10. The van der Waals surface area contributed by atoms with Gasteiger partial charge in [0.15, 0.2) is 17.3 Å². The molecular weight excluding hydrogens is 525 g/mol. The number of hydrogen-bond donors (Lipinski definition) is 1. The predicted octanol–water partition coefficient (Wildman–Crippen LogP) is 6.18. The Labute approximate surface area is 227 Å². The van der Waals surface area contributed by atoms with E-state index in [0.29, 0.717) is 36.3 Å². The number of carbonyl (C=O) groups excluding carboxylic acids is 1. The fourth-order valence-electron chi connectivity index (χ4n) is 3.66. The number of thioether (sulfide) groups is 2. The molecular formula is C27H24N4O3S3. The number of hydrazone groups is 1. The van der Waals surface area contributed by atoms with Crippen LogP contribution in [0.1, 0.15) is 17.4 Å². The summed E-state index contributed by atoms with van der Waals surface area (Å²) in [5.41, 5.74) is 0.900. The van der Waals surface area contributed by atoms with Crippen molar-refractivity contribution in [2.24, 2.45) is 10.1 Å². The van der Waals surface area contributed by atoms with Crippen molar-refractivity contribution in [1.82, 2.24) is 5.01 Å². The third-order valence-electron chi connectivity index (χ3n) is 5.33. The summed E-state index contributed by atoms with van der Waals surface area (Å²) in [4.78, 5) is 19.4. The summed E-state index contributed by atoms with van der Waals surface area (Å²) >= 11 is 4.71. The van der Waals surface area contributed by atoms with E-state index in [0.717, 1.165) is 16.4 Å². The second-order valence-corrected chi connectivity index (χ2v) is 11.2. The zero-order valence-corrected chi connectivity index (χ0v) is 22.5. The first kappa shape index (κ1) is 25.3. The fourth-order valence-corrected chi connectivity index (χ4v) is 6.12. The highest BCUT2D eigenvalue weighted by Gasteiger charge is 2.35. The SMILES string of the molecule is CCOc1cc(/C=C2/C(=N)N3N=C(Cc4cccs4)SC3=NC2=O)ccc1OCCSc1ccccc1. The maximum Gasteiger partial charge on any atom is 0.283 e. The van der Waals surface area contributed by atoms with Gasteiger partial charge in [0.25, 0.3) is 5.91 Å². The molecule has 1 N–H and O–H groups in total. The topological polar surface area (TPSA) is 87.3 Å². The van der Waals surface area contributed by atoms with E-state index in [9.17, 15) is 4.79 Å². The van der Waals surface area contributed by atoms with Crippen molar-refractivity contribution in [3.63, 3.8) is 0 Å². The van der Waals surface area contributed by atoms with Crippen LogP contribution in [0.25, 0.3) is 6.08 Å². The number of ether oxygens (including phenoxy) is 2. The van der Waals surface area contributed by atoms with Gasteiger partial charge in [-0.05, 0) is 66.0 Å². The van der Waals surface area contributed by atoms with Crippen LogP contribution in [-0.4, -0.2) is 45.9 Å². The van der Waals surface area contributed by atoms with E-state index in [4.69, 9.17) is 14.9 Å². The molecule has 3 heterocycles. The van der Waals surface area contributed by atoms with Crippen molar-refractivity contribution in [1.29, 1.82) is 5.41 Å². The number of benzene rings is 2. The molecule has 0 saturated heterocycles. The quantitative estimate of drug-likeness (QED) is 0.185. The molecule has 2 aliphatic heterocycles. The van der Waals surface area contributed by atoms with Crippen LogP contribution < -0.4 is 9.47 Å². The van der Waals surface area contributed by atoms with Crippen LogP contribution in [0.3, 0.4) is 0 Å². The molecule has 0 fully saturated rings. The lowest BCUT2D eigenvalue weighted by molar-refractivity contribution is -0.114. The Morgan fingerprint density at radius 3 is 2.73 bits per heavy atom. The Balaban J connectivity index is 1.28. The van der Waals surface area contributed by atoms with Crippen molar-refractivity contribution in [3.05, 3.63) is 82.1 Å². The highest BCUT2D eigenvalue weighted by atomic mass is 32.2. The summed E-state index contributed by atoms with van der Waals surface area (Å²) in [5.74, 6) is 1.60. The first-order valence-electron chi connectivity index (χ1n) is 11.7. The molecule has 0 aliphatic carbocycles. The largest absolute Gasteiger partial charge is 0.490 e.